The van der Waals surface area contributed by atoms with E-state index in [1.54, 1.807) is 11.8 Å². The molecule has 0 bridgehead atoms. The van der Waals surface area contributed by atoms with Gasteiger partial charge in [0.15, 0.2) is 10.7 Å². The molecule has 0 atom stereocenters. The molecule has 0 spiro atoms. The van der Waals surface area contributed by atoms with Crippen molar-refractivity contribution < 1.29 is 13.9 Å². The SMILES string of the molecule is CCN(CC)CCSc1ccc(-c2c(C#N)c(-c3ccc(O)cc3F)nc3[nH]nc(C)c23)o1. The Labute approximate surface area is 195 Å². The van der Waals surface area contributed by atoms with E-state index in [4.69, 9.17) is 4.42 Å². The Morgan fingerprint density at radius 3 is 2.73 bits per heavy atom. The number of H-pyrrole nitrogens is 1. The first-order valence-corrected chi connectivity index (χ1v) is 11.7. The maximum atomic E-state index is 14.7. The van der Waals surface area contributed by atoms with Gasteiger partial charge in [0.25, 0.3) is 0 Å². The van der Waals surface area contributed by atoms with E-state index in [-0.39, 0.29) is 22.6 Å². The summed E-state index contributed by atoms with van der Waals surface area (Å²) in [4.78, 5) is 6.83. The van der Waals surface area contributed by atoms with Crippen molar-refractivity contribution in [1.29, 1.82) is 5.26 Å². The monoisotopic (exact) mass is 465 g/mol. The highest BCUT2D eigenvalue weighted by Gasteiger charge is 2.24. The number of benzene rings is 1. The average Bonchev–Trinajstić information content (AvgIpc) is 3.42. The molecular weight excluding hydrogens is 441 g/mol. The van der Waals surface area contributed by atoms with Crippen LogP contribution in [0.4, 0.5) is 4.39 Å². The summed E-state index contributed by atoms with van der Waals surface area (Å²) in [6, 6.07) is 9.65. The van der Waals surface area contributed by atoms with Gasteiger partial charge < -0.3 is 14.4 Å². The van der Waals surface area contributed by atoms with Crippen molar-refractivity contribution in [3.8, 4) is 34.4 Å². The van der Waals surface area contributed by atoms with Crippen LogP contribution in [0.3, 0.4) is 0 Å². The van der Waals surface area contributed by atoms with Gasteiger partial charge in [-0.15, -0.1) is 0 Å². The van der Waals surface area contributed by atoms with Crippen LogP contribution in [0.2, 0.25) is 0 Å². The third-order valence-electron chi connectivity index (χ3n) is 5.58. The highest BCUT2D eigenvalue weighted by molar-refractivity contribution is 7.99. The first kappa shape index (κ1) is 22.8. The molecule has 7 nitrogen and oxygen atoms in total. The lowest BCUT2D eigenvalue weighted by atomic mass is 9.96. The van der Waals surface area contributed by atoms with Gasteiger partial charge in [0.1, 0.15) is 23.4 Å². The molecule has 9 heteroatoms. The fraction of sp³-hybridized carbons (Fsp3) is 0.292. The summed E-state index contributed by atoms with van der Waals surface area (Å²) in [6.07, 6.45) is 0. The van der Waals surface area contributed by atoms with Crippen LogP contribution in [0.1, 0.15) is 25.1 Å². The van der Waals surface area contributed by atoms with Crippen molar-refractivity contribution in [1.82, 2.24) is 20.1 Å². The number of aromatic amines is 1. The van der Waals surface area contributed by atoms with Crippen LogP contribution >= 0.6 is 11.8 Å². The molecule has 0 aliphatic heterocycles. The number of hydrogen-bond acceptors (Lipinski definition) is 7. The third-order valence-corrected chi connectivity index (χ3v) is 6.47. The lowest BCUT2D eigenvalue weighted by Crippen LogP contribution is -2.25. The van der Waals surface area contributed by atoms with Crippen LogP contribution in [-0.2, 0) is 0 Å². The molecule has 170 valence electrons. The summed E-state index contributed by atoms with van der Waals surface area (Å²) < 4.78 is 20.8. The van der Waals surface area contributed by atoms with Gasteiger partial charge in [-0.05, 0) is 44.3 Å². The smallest absolute Gasteiger partial charge is 0.161 e. The van der Waals surface area contributed by atoms with Crippen molar-refractivity contribution in [2.75, 3.05) is 25.4 Å². The van der Waals surface area contributed by atoms with Gasteiger partial charge >= 0.3 is 0 Å². The first-order valence-electron chi connectivity index (χ1n) is 10.7. The fourth-order valence-electron chi connectivity index (χ4n) is 3.80. The molecule has 33 heavy (non-hydrogen) atoms. The predicted molar refractivity (Wildman–Crippen MR) is 127 cm³/mol. The quantitative estimate of drug-likeness (QED) is 0.339. The highest BCUT2D eigenvalue weighted by Crippen LogP contribution is 2.40. The van der Waals surface area contributed by atoms with E-state index in [0.717, 1.165) is 36.5 Å². The second-order valence-electron chi connectivity index (χ2n) is 7.51. The Morgan fingerprint density at radius 2 is 2.03 bits per heavy atom. The van der Waals surface area contributed by atoms with Crippen LogP contribution in [0.25, 0.3) is 33.6 Å². The number of aryl methyl sites for hydroxylation is 1. The van der Waals surface area contributed by atoms with Gasteiger partial charge in [-0.25, -0.2) is 9.37 Å². The average molecular weight is 466 g/mol. The molecule has 0 amide bonds. The Hall–Kier alpha value is -3.35. The zero-order valence-electron chi connectivity index (χ0n) is 18.6. The normalized spacial score (nSPS) is 11.4. The molecule has 0 radical (unpaired) electrons. The number of aromatic hydroxyl groups is 1. The second-order valence-corrected chi connectivity index (χ2v) is 8.61. The van der Waals surface area contributed by atoms with Crippen LogP contribution in [0, 0.1) is 24.1 Å². The number of thioether (sulfide) groups is 1. The minimum absolute atomic E-state index is 0.111. The van der Waals surface area contributed by atoms with Gasteiger partial charge in [0, 0.05) is 23.9 Å². The van der Waals surface area contributed by atoms with Crippen molar-refractivity contribution in [2.24, 2.45) is 0 Å². The van der Waals surface area contributed by atoms with E-state index < -0.39 is 5.82 Å². The molecule has 2 N–H and O–H groups in total. The van der Waals surface area contributed by atoms with Gasteiger partial charge in [-0.3, -0.25) is 5.10 Å². The van der Waals surface area contributed by atoms with E-state index in [2.05, 4.69) is 40.0 Å². The molecule has 0 saturated heterocycles. The number of nitrogens with zero attached hydrogens (tertiary/aromatic N) is 4. The third kappa shape index (κ3) is 4.45. The van der Waals surface area contributed by atoms with Crippen LogP contribution < -0.4 is 0 Å². The number of aromatic nitrogens is 3. The van der Waals surface area contributed by atoms with E-state index in [9.17, 15) is 14.8 Å². The van der Waals surface area contributed by atoms with Gasteiger partial charge in [0.05, 0.1) is 27.9 Å². The van der Waals surface area contributed by atoms with E-state index in [1.807, 2.05) is 19.1 Å². The Bertz CT molecular complexity index is 1340. The standard InChI is InChI=1S/C24H24FN5O2S/c1-4-30(5-2)10-11-33-20-9-8-19(32-20)22-17(13-26)23(16-7-6-15(31)12-18(16)25)27-24-21(22)14(3)28-29-24/h6-9,12,31H,4-5,10-11H2,1-3H3,(H,27,28,29). The largest absolute Gasteiger partial charge is 0.508 e. The maximum Gasteiger partial charge on any atom is 0.161 e. The lowest BCUT2D eigenvalue weighted by molar-refractivity contribution is 0.323. The second kappa shape index (κ2) is 9.65. The minimum Gasteiger partial charge on any atom is -0.508 e. The number of pyridine rings is 1. The molecule has 0 aliphatic rings. The number of hydrogen-bond donors (Lipinski definition) is 2. The molecule has 0 fully saturated rings. The highest BCUT2D eigenvalue weighted by atomic mass is 32.2. The van der Waals surface area contributed by atoms with Gasteiger partial charge in [-0.2, -0.15) is 10.4 Å². The summed E-state index contributed by atoms with van der Waals surface area (Å²) in [5.74, 6) is 0.493. The number of phenolic OH excluding ortho intramolecular Hbond substituents is 1. The Balaban J connectivity index is 1.80. The Morgan fingerprint density at radius 1 is 1.24 bits per heavy atom. The van der Waals surface area contributed by atoms with E-state index in [0.29, 0.717) is 28.1 Å². The summed E-state index contributed by atoms with van der Waals surface area (Å²) in [6.45, 7) is 9.03. The molecule has 0 saturated carbocycles. The zero-order chi connectivity index (χ0) is 23.5. The molecule has 0 aliphatic carbocycles. The van der Waals surface area contributed by atoms with Crippen molar-refractivity contribution in [2.45, 2.75) is 25.9 Å². The summed E-state index contributed by atoms with van der Waals surface area (Å²) in [5.41, 5.74) is 2.07. The Kier molecular flexibility index (Phi) is 6.67. The zero-order valence-corrected chi connectivity index (χ0v) is 19.5. The summed E-state index contributed by atoms with van der Waals surface area (Å²) >= 11 is 1.61. The molecule has 4 aromatic rings. The van der Waals surface area contributed by atoms with Crippen LogP contribution in [-0.4, -0.2) is 50.6 Å². The number of nitriles is 1. The fourth-order valence-corrected chi connectivity index (χ4v) is 4.67. The number of halogens is 1. The van der Waals surface area contributed by atoms with E-state index >= 15 is 0 Å². The number of fused-ring (bicyclic) bond motifs is 1. The van der Waals surface area contributed by atoms with Crippen LogP contribution in [0.15, 0.2) is 39.8 Å². The summed E-state index contributed by atoms with van der Waals surface area (Å²) in [5, 5.41) is 28.2. The molecular formula is C24H24FN5O2S. The van der Waals surface area contributed by atoms with E-state index in [1.165, 1.54) is 12.1 Å². The van der Waals surface area contributed by atoms with Crippen molar-refractivity contribution in [3.05, 3.63) is 47.4 Å². The van der Waals surface area contributed by atoms with Gasteiger partial charge in [-0.1, -0.05) is 25.6 Å². The van der Waals surface area contributed by atoms with Gasteiger partial charge in [0.2, 0.25) is 0 Å². The number of rotatable bonds is 8. The van der Waals surface area contributed by atoms with Crippen LogP contribution in [0.5, 0.6) is 5.75 Å². The number of phenols is 1. The lowest BCUT2D eigenvalue weighted by Gasteiger charge is -2.16. The maximum absolute atomic E-state index is 14.7. The summed E-state index contributed by atoms with van der Waals surface area (Å²) in [7, 11) is 0. The molecule has 0 unspecified atom stereocenters. The number of furan rings is 1. The molecule has 3 aromatic heterocycles. The molecule has 1 aromatic carbocycles. The van der Waals surface area contributed by atoms with Crippen molar-refractivity contribution in [3.63, 3.8) is 0 Å². The first-order chi connectivity index (χ1) is 16.0. The number of nitrogens with one attached hydrogen (secondary N) is 1. The topological polar surface area (TPSA) is 102 Å². The molecule has 3 heterocycles. The predicted octanol–water partition coefficient (Wildman–Crippen LogP) is 5.34. The van der Waals surface area contributed by atoms with Crippen molar-refractivity contribution >= 4 is 22.8 Å². The minimum atomic E-state index is -0.673. The molecule has 4 rings (SSSR count).